The monoisotopic (exact) mass is 282 g/mol. The minimum absolute atomic E-state index is 0.124. The zero-order chi connectivity index (χ0) is 14.1. The van der Waals surface area contributed by atoms with Crippen LogP contribution in [0.3, 0.4) is 0 Å². The Labute approximate surface area is 115 Å². The molecule has 4 nitrogen and oxygen atoms in total. The summed E-state index contributed by atoms with van der Waals surface area (Å²) in [4.78, 5) is 12.0. The molecule has 0 spiro atoms. The van der Waals surface area contributed by atoms with E-state index in [0.29, 0.717) is 38.3 Å². The third kappa shape index (κ3) is 2.66. The number of morpholine rings is 1. The Balaban J connectivity index is 1.60. The van der Waals surface area contributed by atoms with Crippen molar-refractivity contribution in [3.8, 4) is 0 Å². The molecular formula is C14H16F2N2O2. The fraction of sp³-hybridized carbons (Fsp3) is 0.500. The summed E-state index contributed by atoms with van der Waals surface area (Å²) in [7, 11) is 0. The van der Waals surface area contributed by atoms with E-state index in [4.69, 9.17) is 4.74 Å². The molecule has 0 radical (unpaired) electrons. The van der Waals surface area contributed by atoms with E-state index in [-0.39, 0.29) is 17.7 Å². The van der Waals surface area contributed by atoms with E-state index in [9.17, 15) is 13.6 Å². The minimum Gasteiger partial charge on any atom is -0.379 e. The molecule has 1 amide bonds. The zero-order valence-corrected chi connectivity index (χ0v) is 10.9. The van der Waals surface area contributed by atoms with Gasteiger partial charge >= 0.3 is 0 Å². The second kappa shape index (κ2) is 5.46. The standard InChI is InChI=1S/C14H16F2N2O2/c15-12-3-1-2-9(13(12)16)10-8-11(10)14(19)17-18-4-6-20-7-5-18/h1-3,10-11H,4-8H2,(H,17,19). The number of hydrogen-bond donors (Lipinski definition) is 1. The number of nitrogens with zero attached hydrogens (tertiary/aromatic N) is 1. The van der Waals surface area contributed by atoms with Crippen LogP contribution in [0.1, 0.15) is 17.9 Å². The molecule has 0 aromatic heterocycles. The Morgan fingerprint density at radius 2 is 2.05 bits per heavy atom. The Morgan fingerprint density at radius 3 is 2.80 bits per heavy atom. The van der Waals surface area contributed by atoms with Crippen LogP contribution in [0.5, 0.6) is 0 Å². The van der Waals surface area contributed by atoms with Crippen molar-refractivity contribution in [1.82, 2.24) is 10.4 Å². The summed E-state index contributed by atoms with van der Waals surface area (Å²) in [6.45, 7) is 2.48. The maximum absolute atomic E-state index is 13.7. The van der Waals surface area contributed by atoms with Gasteiger partial charge in [0.1, 0.15) is 0 Å². The number of rotatable bonds is 3. The smallest absolute Gasteiger partial charge is 0.238 e. The Hall–Kier alpha value is -1.53. The van der Waals surface area contributed by atoms with Gasteiger partial charge in [0.25, 0.3) is 0 Å². The molecule has 2 unspecified atom stereocenters. The van der Waals surface area contributed by atoms with Gasteiger partial charge in [-0.2, -0.15) is 0 Å². The number of nitrogens with one attached hydrogen (secondary N) is 1. The van der Waals surface area contributed by atoms with Gasteiger partial charge in [0.05, 0.1) is 13.2 Å². The lowest BCUT2D eigenvalue weighted by Gasteiger charge is -2.27. The van der Waals surface area contributed by atoms with Gasteiger partial charge in [-0.15, -0.1) is 0 Å². The van der Waals surface area contributed by atoms with E-state index in [0.717, 1.165) is 6.07 Å². The van der Waals surface area contributed by atoms with Crippen LogP contribution in [-0.4, -0.2) is 37.2 Å². The second-order valence-corrected chi connectivity index (χ2v) is 5.17. The van der Waals surface area contributed by atoms with Crippen molar-refractivity contribution in [3.05, 3.63) is 35.4 Å². The van der Waals surface area contributed by atoms with Crippen molar-refractivity contribution in [3.63, 3.8) is 0 Å². The highest BCUT2D eigenvalue weighted by atomic mass is 19.2. The van der Waals surface area contributed by atoms with Gasteiger partial charge in [0.15, 0.2) is 11.6 Å². The zero-order valence-electron chi connectivity index (χ0n) is 10.9. The van der Waals surface area contributed by atoms with Crippen molar-refractivity contribution in [2.24, 2.45) is 5.92 Å². The molecule has 2 fully saturated rings. The lowest BCUT2D eigenvalue weighted by molar-refractivity contribution is -0.129. The molecule has 1 aliphatic heterocycles. The molecular weight excluding hydrogens is 266 g/mol. The number of halogens is 2. The average Bonchev–Trinajstić information content (AvgIpc) is 3.23. The third-order valence-electron chi connectivity index (χ3n) is 3.79. The number of carbonyl (C=O) groups is 1. The first-order chi connectivity index (χ1) is 9.66. The van der Waals surface area contributed by atoms with Crippen molar-refractivity contribution in [2.75, 3.05) is 26.3 Å². The molecule has 1 saturated heterocycles. The second-order valence-electron chi connectivity index (χ2n) is 5.17. The topological polar surface area (TPSA) is 41.6 Å². The van der Waals surface area contributed by atoms with Crippen LogP contribution in [0, 0.1) is 17.6 Å². The lowest BCUT2D eigenvalue weighted by atomic mass is 10.1. The Bertz CT molecular complexity index is 518. The molecule has 1 heterocycles. The van der Waals surface area contributed by atoms with Crippen LogP contribution >= 0.6 is 0 Å². The number of amides is 1. The molecule has 20 heavy (non-hydrogen) atoms. The summed E-state index contributed by atoms with van der Waals surface area (Å²) in [6, 6.07) is 4.11. The molecule has 108 valence electrons. The molecule has 0 bridgehead atoms. The summed E-state index contributed by atoms with van der Waals surface area (Å²) in [5, 5.41) is 1.81. The van der Waals surface area contributed by atoms with Gasteiger partial charge in [0.2, 0.25) is 5.91 Å². The number of hydrogen-bond acceptors (Lipinski definition) is 3. The maximum atomic E-state index is 13.7. The highest BCUT2D eigenvalue weighted by Gasteiger charge is 2.46. The first-order valence-corrected chi connectivity index (χ1v) is 6.74. The molecule has 3 rings (SSSR count). The normalized spacial score (nSPS) is 26.3. The van der Waals surface area contributed by atoms with E-state index >= 15 is 0 Å². The summed E-state index contributed by atoms with van der Waals surface area (Å²) in [5.41, 5.74) is 3.11. The van der Waals surface area contributed by atoms with Crippen molar-refractivity contribution in [2.45, 2.75) is 12.3 Å². The molecule has 1 aromatic rings. The number of hydrazine groups is 1. The van der Waals surface area contributed by atoms with E-state index < -0.39 is 11.6 Å². The van der Waals surface area contributed by atoms with E-state index in [1.807, 2.05) is 5.01 Å². The largest absolute Gasteiger partial charge is 0.379 e. The first kappa shape index (κ1) is 13.5. The lowest BCUT2D eigenvalue weighted by Crippen LogP contribution is -2.49. The van der Waals surface area contributed by atoms with Gasteiger partial charge in [0, 0.05) is 19.0 Å². The van der Waals surface area contributed by atoms with Crippen molar-refractivity contribution < 1.29 is 18.3 Å². The van der Waals surface area contributed by atoms with Crippen LogP contribution in [-0.2, 0) is 9.53 Å². The quantitative estimate of drug-likeness (QED) is 0.912. The third-order valence-corrected chi connectivity index (χ3v) is 3.79. The van der Waals surface area contributed by atoms with E-state index in [1.54, 1.807) is 6.07 Å². The highest BCUT2D eigenvalue weighted by Crippen LogP contribution is 2.48. The number of ether oxygens (including phenoxy) is 1. The van der Waals surface area contributed by atoms with E-state index in [1.165, 1.54) is 6.07 Å². The van der Waals surface area contributed by atoms with Gasteiger partial charge in [-0.25, -0.2) is 13.8 Å². The van der Waals surface area contributed by atoms with Crippen molar-refractivity contribution in [1.29, 1.82) is 0 Å². The highest BCUT2D eigenvalue weighted by molar-refractivity contribution is 5.82. The number of carbonyl (C=O) groups excluding carboxylic acids is 1. The summed E-state index contributed by atoms with van der Waals surface area (Å²) < 4.78 is 32.0. The Kier molecular flexibility index (Phi) is 3.67. The van der Waals surface area contributed by atoms with Crippen LogP contribution in [0.4, 0.5) is 8.78 Å². The van der Waals surface area contributed by atoms with Crippen LogP contribution in [0.2, 0.25) is 0 Å². The van der Waals surface area contributed by atoms with Crippen LogP contribution in [0.15, 0.2) is 18.2 Å². The van der Waals surface area contributed by atoms with Gasteiger partial charge in [-0.3, -0.25) is 10.2 Å². The van der Waals surface area contributed by atoms with Crippen LogP contribution in [0.25, 0.3) is 0 Å². The fourth-order valence-corrected chi connectivity index (χ4v) is 2.55. The molecule has 1 aliphatic carbocycles. The number of benzene rings is 1. The molecule has 1 aromatic carbocycles. The SMILES string of the molecule is O=C(NN1CCOCC1)C1CC1c1cccc(F)c1F. The Morgan fingerprint density at radius 1 is 1.30 bits per heavy atom. The minimum atomic E-state index is -0.860. The fourth-order valence-electron chi connectivity index (χ4n) is 2.55. The van der Waals surface area contributed by atoms with Gasteiger partial charge < -0.3 is 4.74 Å². The summed E-state index contributed by atoms with van der Waals surface area (Å²) in [6.07, 6.45) is 0.566. The van der Waals surface area contributed by atoms with Gasteiger partial charge in [-0.05, 0) is 24.0 Å². The molecule has 2 atom stereocenters. The predicted molar refractivity (Wildman–Crippen MR) is 67.7 cm³/mol. The average molecular weight is 282 g/mol. The first-order valence-electron chi connectivity index (χ1n) is 6.74. The molecule has 1 N–H and O–H groups in total. The van der Waals surface area contributed by atoms with Crippen LogP contribution < -0.4 is 5.43 Å². The van der Waals surface area contributed by atoms with Crippen molar-refractivity contribution >= 4 is 5.91 Å². The summed E-state index contributed by atoms with van der Waals surface area (Å²) in [5.74, 6) is -2.30. The molecule has 6 heteroatoms. The maximum Gasteiger partial charge on any atom is 0.238 e. The predicted octanol–water partition coefficient (Wildman–Crippen LogP) is 1.43. The summed E-state index contributed by atoms with van der Waals surface area (Å²) >= 11 is 0. The molecule has 1 saturated carbocycles. The van der Waals surface area contributed by atoms with Gasteiger partial charge in [-0.1, -0.05) is 12.1 Å². The van der Waals surface area contributed by atoms with E-state index in [2.05, 4.69) is 5.43 Å². The molecule has 2 aliphatic rings.